The fourth-order valence-electron chi connectivity index (χ4n) is 1.60. The third-order valence-electron chi connectivity index (χ3n) is 2.68. The largest absolute Gasteiger partial charge is 0.361 e. The Labute approximate surface area is 99.2 Å². The molecule has 0 unspecified atom stereocenters. The first-order valence-electron chi connectivity index (χ1n) is 5.28. The smallest absolute Gasteiger partial charge is 0.189 e. The molecule has 4 nitrogen and oxygen atoms in total. The molecular formula is C12H13NO3S. The van der Waals surface area contributed by atoms with Gasteiger partial charge in [0.2, 0.25) is 0 Å². The van der Waals surface area contributed by atoms with Crippen molar-refractivity contribution >= 4 is 20.7 Å². The first kappa shape index (κ1) is 11.9. The lowest BCUT2D eigenvalue weighted by molar-refractivity contribution is 0.587. The lowest BCUT2D eigenvalue weighted by Gasteiger charge is -2.08. The van der Waals surface area contributed by atoms with E-state index in [9.17, 15) is 13.2 Å². The molecule has 0 aliphatic rings. The molecule has 0 aliphatic heterocycles. The van der Waals surface area contributed by atoms with Crippen LogP contribution in [0.4, 0.5) is 0 Å². The molecule has 0 bridgehead atoms. The predicted octanol–water partition coefficient (Wildman–Crippen LogP) is 1.71. The van der Waals surface area contributed by atoms with Gasteiger partial charge in [-0.1, -0.05) is 0 Å². The quantitative estimate of drug-likeness (QED) is 0.883. The minimum Gasteiger partial charge on any atom is -0.361 e. The Morgan fingerprint density at radius 2 is 1.88 bits per heavy atom. The minimum atomic E-state index is -3.34. The van der Waals surface area contributed by atoms with E-state index in [1.165, 1.54) is 18.2 Å². The van der Waals surface area contributed by atoms with Gasteiger partial charge >= 0.3 is 0 Å². The molecule has 17 heavy (non-hydrogen) atoms. The van der Waals surface area contributed by atoms with Gasteiger partial charge in [-0.25, -0.2) is 8.42 Å². The maximum absolute atomic E-state index is 12.0. The van der Waals surface area contributed by atoms with Gasteiger partial charge in [0.15, 0.2) is 15.3 Å². The van der Waals surface area contributed by atoms with Crippen LogP contribution >= 0.6 is 0 Å². The first-order valence-corrected chi connectivity index (χ1v) is 6.83. The van der Waals surface area contributed by atoms with E-state index in [1.54, 1.807) is 26.1 Å². The summed E-state index contributed by atoms with van der Waals surface area (Å²) < 4.78 is 23.9. The van der Waals surface area contributed by atoms with Gasteiger partial charge in [-0.15, -0.1) is 0 Å². The van der Waals surface area contributed by atoms with Crippen LogP contribution in [0.1, 0.15) is 13.8 Å². The fourth-order valence-corrected chi connectivity index (χ4v) is 2.68. The third-order valence-corrected chi connectivity index (χ3v) is 4.83. The SMILES string of the molecule is CC(C)S(=O)(=O)c1ccc2[nH]ccc(=O)c2c1. The average molecular weight is 251 g/mol. The van der Waals surface area contributed by atoms with Gasteiger partial charge in [-0.05, 0) is 32.0 Å². The molecule has 1 aromatic carbocycles. The van der Waals surface area contributed by atoms with E-state index in [4.69, 9.17) is 0 Å². The van der Waals surface area contributed by atoms with E-state index >= 15 is 0 Å². The highest BCUT2D eigenvalue weighted by Crippen LogP contribution is 2.19. The number of benzene rings is 1. The summed E-state index contributed by atoms with van der Waals surface area (Å²) in [5.74, 6) is 0. The average Bonchev–Trinajstić information content (AvgIpc) is 2.29. The Bertz CT molecular complexity index is 714. The van der Waals surface area contributed by atoms with E-state index < -0.39 is 15.1 Å². The van der Waals surface area contributed by atoms with Crippen molar-refractivity contribution in [1.82, 2.24) is 4.98 Å². The molecular weight excluding hydrogens is 238 g/mol. The topological polar surface area (TPSA) is 67.0 Å². The van der Waals surface area contributed by atoms with Gasteiger partial charge in [-0.3, -0.25) is 4.79 Å². The predicted molar refractivity (Wildman–Crippen MR) is 66.9 cm³/mol. The zero-order chi connectivity index (χ0) is 12.6. The van der Waals surface area contributed by atoms with Gasteiger partial charge in [-0.2, -0.15) is 0 Å². The molecule has 2 rings (SSSR count). The summed E-state index contributed by atoms with van der Waals surface area (Å²) in [6.07, 6.45) is 1.54. The number of sulfone groups is 1. The molecule has 0 spiro atoms. The molecule has 2 aromatic rings. The van der Waals surface area contributed by atoms with Crippen molar-refractivity contribution in [3.05, 3.63) is 40.7 Å². The number of rotatable bonds is 2. The molecule has 0 fully saturated rings. The Hall–Kier alpha value is -1.62. The van der Waals surface area contributed by atoms with Crippen molar-refractivity contribution in [2.75, 3.05) is 0 Å². The minimum absolute atomic E-state index is 0.181. The molecule has 1 N–H and O–H groups in total. The first-order chi connectivity index (χ1) is 7.93. The van der Waals surface area contributed by atoms with Crippen LogP contribution in [-0.2, 0) is 9.84 Å². The Morgan fingerprint density at radius 1 is 1.18 bits per heavy atom. The van der Waals surface area contributed by atoms with Crippen molar-refractivity contribution < 1.29 is 8.42 Å². The number of nitrogens with one attached hydrogen (secondary N) is 1. The molecule has 0 radical (unpaired) electrons. The molecule has 1 heterocycles. The van der Waals surface area contributed by atoms with Crippen molar-refractivity contribution in [2.45, 2.75) is 24.0 Å². The van der Waals surface area contributed by atoms with Crippen LogP contribution in [0, 0.1) is 0 Å². The number of hydrogen-bond acceptors (Lipinski definition) is 3. The summed E-state index contributed by atoms with van der Waals surface area (Å²) in [5.41, 5.74) is 0.458. The van der Waals surface area contributed by atoms with Crippen LogP contribution < -0.4 is 5.43 Å². The lowest BCUT2D eigenvalue weighted by atomic mass is 10.2. The number of hydrogen-bond donors (Lipinski definition) is 1. The van der Waals surface area contributed by atoms with Crippen molar-refractivity contribution in [2.24, 2.45) is 0 Å². The summed E-state index contributed by atoms with van der Waals surface area (Å²) in [4.78, 5) is 14.7. The van der Waals surface area contributed by atoms with Gasteiger partial charge in [0.05, 0.1) is 10.1 Å². The molecule has 90 valence electrons. The molecule has 0 amide bonds. The summed E-state index contributed by atoms with van der Waals surface area (Å²) in [6.45, 7) is 3.24. The normalized spacial score (nSPS) is 12.2. The van der Waals surface area contributed by atoms with Gasteiger partial charge in [0.1, 0.15) is 0 Å². The van der Waals surface area contributed by atoms with Crippen LogP contribution in [0.3, 0.4) is 0 Å². The van der Waals surface area contributed by atoms with Crippen LogP contribution in [0.15, 0.2) is 40.2 Å². The van der Waals surface area contributed by atoms with E-state index in [2.05, 4.69) is 4.98 Å². The van der Waals surface area contributed by atoms with E-state index in [-0.39, 0.29) is 10.3 Å². The van der Waals surface area contributed by atoms with E-state index in [1.807, 2.05) is 0 Å². The van der Waals surface area contributed by atoms with Gasteiger partial charge in [0, 0.05) is 23.2 Å². The molecule has 0 saturated carbocycles. The third kappa shape index (κ3) is 1.98. The summed E-state index contributed by atoms with van der Waals surface area (Å²) in [7, 11) is -3.34. The molecule has 5 heteroatoms. The molecule has 1 aromatic heterocycles. The molecule has 0 saturated heterocycles. The second kappa shape index (κ2) is 4.00. The Morgan fingerprint density at radius 3 is 2.53 bits per heavy atom. The number of pyridine rings is 1. The highest BCUT2D eigenvalue weighted by Gasteiger charge is 2.19. The lowest BCUT2D eigenvalue weighted by Crippen LogP contribution is -2.14. The zero-order valence-electron chi connectivity index (χ0n) is 9.60. The second-order valence-electron chi connectivity index (χ2n) is 4.14. The van der Waals surface area contributed by atoms with Crippen LogP contribution in [0.2, 0.25) is 0 Å². The fraction of sp³-hybridized carbons (Fsp3) is 0.250. The van der Waals surface area contributed by atoms with Gasteiger partial charge < -0.3 is 4.98 Å². The number of aromatic nitrogens is 1. The maximum Gasteiger partial charge on any atom is 0.189 e. The number of fused-ring (bicyclic) bond motifs is 1. The van der Waals surface area contributed by atoms with Crippen LogP contribution in [0.25, 0.3) is 10.9 Å². The molecule has 0 aliphatic carbocycles. The standard InChI is InChI=1S/C12H13NO3S/c1-8(2)17(15,16)9-3-4-11-10(7-9)12(14)5-6-13-11/h3-8H,1-2H3,(H,13,14). The Kier molecular flexibility index (Phi) is 2.79. The summed E-state index contributed by atoms with van der Waals surface area (Å²) >= 11 is 0. The monoisotopic (exact) mass is 251 g/mol. The highest BCUT2D eigenvalue weighted by molar-refractivity contribution is 7.92. The van der Waals surface area contributed by atoms with Crippen molar-refractivity contribution in [3.63, 3.8) is 0 Å². The van der Waals surface area contributed by atoms with Crippen LogP contribution in [0.5, 0.6) is 0 Å². The number of aromatic amines is 1. The van der Waals surface area contributed by atoms with E-state index in [0.717, 1.165) is 0 Å². The van der Waals surface area contributed by atoms with Crippen LogP contribution in [-0.4, -0.2) is 18.7 Å². The maximum atomic E-state index is 12.0. The van der Waals surface area contributed by atoms with Gasteiger partial charge in [0.25, 0.3) is 0 Å². The highest BCUT2D eigenvalue weighted by atomic mass is 32.2. The molecule has 0 atom stereocenters. The summed E-state index contributed by atoms with van der Waals surface area (Å²) in [5, 5.41) is -0.100. The Balaban J connectivity index is 2.76. The van der Waals surface area contributed by atoms with E-state index in [0.29, 0.717) is 10.9 Å². The number of H-pyrrole nitrogens is 1. The summed E-state index contributed by atoms with van der Waals surface area (Å²) in [6, 6.07) is 5.96. The van der Waals surface area contributed by atoms with Crippen molar-refractivity contribution in [3.8, 4) is 0 Å². The van der Waals surface area contributed by atoms with Crippen molar-refractivity contribution in [1.29, 1.82) is 0 Å². The zero-order valence-corrected chi connectivity index (χ0v) is 10.4. The second-order valence-corrected chi connectivity index (χ2v) is 6.65.